The van der Waals surface area contributed by atoms with Crippen LogP contribution in [0.25, 0.3) is 12.2 Å². The molecule has 0 bridgehead atoms. The lowest BCUT2D eigenvalue weighted by Gasteiger charge is -2.36. The van der Waals surface area contributed by atoms with Gasteiger partial charge in [0.15, 0.2) is 0 Å². The highest BCUT2D eigenvalue weighted by Crippen LogP contribution is 2.40. The van der Waals surface area contributed by atoms with Gasteiger partial charge in [0.2, 0.25) is 0 Å². The van der Waals surface area contributed by atoms with Gasteiger partial charge in [-0.05, 0) is 66.9 Å². The molecule has 1 atom stereocenters. The highest BCUT2D eigenvalue weighted by Gasteiger charge is 2.37. The van der Waals surface area contributed by atoms with Crippen molar-refractivity contribution in [3.8, 4) is 5.75 Å². The van der Waals surface area contributed by atoms with Crippen LogP contribution >= 0.6 is 11.6 Å². The molecular weight excluding hydrogens is 574 g/mol. The van der Waals surface area contributed by atoms with Gasteiger partial charge in [-0.2, -0.15) is 13.2 Å². The van der Waals surface area contributed by atoms with Crippen molar-refractivity contribution in [3.63, 3.8) is 0 Å². The molecule has 0 saturated carbocycles. The number of carbonyl (C=O) groups excluding carboxylic acids is 1. The summed E-state index contributed by atoms with van der Waals surface area (Å²) in [6, 6.07) is 12.4. The van der Waals surface area contributed by atoms with Crippen molar-refractivity contribution in [1.82, 2.24) is 0 Å². The second kappa shape index (κ2) is 11.9. The summed E-state index contributed by atoms with van der Waals surface area (Å²) in [4.78, 5) is 11.0. The van der Waals surface area contributed by atoms with Gasteiger partial charge in [-0.15, -0.1) is 0 Å². The first-order chi connectivity index (χ1) is 18.9. The van der Waals surface area contributed by atoms with Gasteiger partial charge in [-0.1, -0.05) is 35.9 Å². The van der Waals surface area contributed by atoms with Gasteiger partial charge in [-0.25, -0.2) is 12.8 Å². The van der Waals surface area contributed by atoms with Gasteiger partial charge in [0.05, 0.1) is 34.8 Å². The molecule has 6 nitrogen and oxygen atoms in total. The highest BCUT2D eigenvalue weighted by atomic mass is 35.5. The maximum atomic E-state index is 14.2. The van der Waals surface area contributed by atoms with Crippen LogP contribution in [0.4, 0.5) is 23.2 Å². The van der Waals surface area contributed by atoms with Gasteiger partial charge in [-0.3, -0.25) is 9.10 Å². The summed E-state index contributed by atoms with van der Waals surface area (Å²) in [5, 5.41) is 0.182. The van der Waals surface area contributed by atoms with Crippen molar-refractivity contribution in [2.45, 2.75) is 36.4 Å². The normalized spacial score (nSPS) is 15.6. The number of hydrogen-bond acceptors (Lipinski definition) is 5. The number of sulfonamides is 1. The SMILES string of the molecule is COC(=O)CCCC1CN(S(=O)(=O)c2cccc(C(F)(F)F)c2)c2cc(C=Cc3c(F)cccc3Cl)ccc2O1. The molecule has 0 N–H and O–H groups in total. The second-order valence-electron chi connectivity index (χ2n) is 8.97. The lowest BCUT2D eigenvalue weighted by Crippen LogP contribution is -2.43. The summed E-state index contributed by atoms with van der Waals surface area (Å²) in [5.41, 5.74) is -0.397. The molecular formula is C28H24ClF4NO5S. The number of ether oxygens (including phenoxy) is 2. The van der Waals surface area contributed by atoms with E-state index in [2.05, 4.69) is 4.74 Å². The number of anilines is 1. The Kier molecular flexibility index (Phi) is 8.74. The first-order valence-electron chi connectivity index (χ1n) is 12.1. The summed E-state index contributed by atoms with van der Waals surface area (Å²) < 4.78 is 93.4. The Balaban J connectivity index is 1.73. The van der Waals surface area contributed by atoms with Crippen LogP contribution < -0.4 is 9.04 Å². The number of hydrogen-bond donors (Lipinski definition) is 0. The van der Waals surface area contributed by atoms with E-state index in [1.54, 1.807) is 6.07 Å². The van der Waals surface area contributed by atoms with Gasteiger partial charge >= 0.3 is 12.1 Å². The van der Waals surface area contributed by atoms with Crippen molar-refractivity contribution in [2.24, 2.45) is 0 Å². The van der Waals surface area contributed by atoms with Crippen LogP contribution in [0.5, 0.6) is 5.75 Å². The maximum Gasteiger partial charge on any atom is 0.416 e. The molecule has 1 aliphatic rings. The van der Waals surface area contributed by atoms with Crippen LogP contribution in [0.15, 0.2) is 65.6 Å². The number of rotatable bonds is 8. The Morgan fingerprint density at radius 1 is 1.12 bits per heavy atom. The van der Waals surface area contributed by atoms with Crippen LogP contribution in [-0.4, -0.2) is 34.1 Å². The fourth-order valence-electron chi connectivity index (χ4n) is 4.20. The minimum absolute atomic E-state index is 0.0892. The number of esters is 1. The van der Waals surface area contributed by atoms with E-state index in [0.717, 1.165) is 22.5 Å². The molecule has 3 aromatic rings. The van der Waals surface area contributed by atoms with Crippen molar-refractivity contribution >= 4 is 45.4 Å². The lowest BCUT2D eigenvalue weighted by molar-refractivity contribution is -0.141. The molecule has 0 spiro atoms. The molecule has 40 heavy (non-hydrogen) atoms. The van der Waals surface area contributed by atoms with Crippen LogP contribution in [-0.2, 0) is 25.7 Å². The predicted molar refractivity (Wildman–Crippen MR) is 143 cm³/mol. The van der Waals surface area contributed by atoms with Gasteiger partial charge in [0.1, 0.15) is 17.7 Å². The summed E-state index contributed by atoms with van der Waals surface area (Å²) in [7, 11) is -3.22. The molecule has 12 heteroatoms. The molecule has 1 unspecified atom stereocenters. The quantitative estimate of drug-likeness (QED) is 0.159. The maximum absolute atomic E-state index is 14.2. The third-order valence-corrected chi connectivity index (χ3v) is 8.35. The average molecular weight is 598 g/mol. The van der Waals surface area contributed by atoms with Crippen molar-refractivity contribution < 1.29 is 40.2 Å². The molecule has 0 radical (unpaired) electrons. The molecule has 0 amide bonds. The monoisotopic (exact) mass is 597 g/mol. The van der Waals surface area contributed by atoms with Gasteiger partial charge in [0.25, 0.3) is 10.0 Å². The lowest BCUT2D eigenvalue weighted by atomic mass is 10.1. The van der Waals surface area contributed by atoms with Crippen molar-refractivity contribution in [3.05, 3.63) is 88.2 Å². The van der Waals surface area contributed by atoms with E-state index in [0.29, 0.717) is 18.1 Å². The minimum atomic E-state index is -4.74. The smallest absolute Gasteiger partial charge is 0.416 e. The summed E-state index contributed by atoms with van der Waals surface area (Å²) in [6.45, 7) is -0.209. The summed E-state index contributed by atoms with van der Waals surface area (Å²) in [5.74, 6) is -0.796. The Bertz CT molecular complexity index is 1520. The van der Waals surface area contributed by atoms with E-state index in [9.17, 15) is 30.8 Å². The van der Waals surface area contributed by atoms with Crippen LogP contribution in [0.2, 0.25) is 5.02 Å². The third kappa shape index (κ3) is 6.59. The van der Waals surface area contributed by atoms with E-state index in [1.165, 1.54) is 49.6 Å². The molecule has 4 rings (SSSR count). The largest absolute Gasteiger partial charge is 0.486 e. The number of nitrogens with zero attached hydrogens (tertiary/aromatic N) is 1. The number of carbonyl (C=O) groups is 1. The second-order valence-corrected chi connectivity index (χ2v) is 11.2. The molecule has 212 valence electrons. The Labute approximate surface area is 233 Å². The standard InChI is InChI=1S/C28H24ClF4NO5S/c1-38-27(35)10-3-6-20-17-34(40(36,37)21-7-2-5-19(16-21)28(31,32)33)25-15-18(12-14-26(25)39-20)11-13-22-23(29)8-4-9-24(22)30/h2,4-5,7-9,11-16,20H,3,6,10,17H2,1H3. The van der Waals surface area contributed by atoms with Crippen molar-refractivity contribution in [2.75, 3.05) is 18.0 Å². The molecule has 0 aromatic heterocycles. The predicted octanol–water partition coefficient (Wildman–Crippen LogP) is 6.97. The molecule has 0 fully saturated rings. The average Bonchev–Trinajstić information content (AvgIpc) is 2.91. The number of methoxy groups -OCH3 is 1. The van der Waals surface area contributed by atoms with E-state index < -0.39 is 44.5 Å². The Morgan fingerprint density at radius 2 is 1.88 bits per heavy atom. The Morgan fingerprint density at radius 3 is 2.58 bits per heavy atom. The summed E-state index contributed by atoms with van der Waals surface area (Å²) in [6.07, 6.45) is -1.74. The van der Waals surface area contributed by atoms with E-state index in [4.69, 9.17) is 16.3 Å². The van der Waals surface area contributed by atoms with Gasteiger partial charge < -0.3 is 9.47 Å². The molecule has 3 aromatic carbocycles. The van der Waals surface area contributed by atoms with Crippen LogP contribution in [0, 0.1) is 5.82 Å². The fraction of sp³-hybridized carbons (Fsp3) is 0.250. The van der Waals surface area contributed by atoms with Gasteiger partial charge in [0, 0.05) is 12.0 Å². The topological polar surface area (TPSA) is 72.9 Å². The van der Waals surface area contributed by atoms with Crippen molar-refractivity contribution in [1.29, 1.82) is 0 Å². The summed E-state index contributed by atoms with van der Waals surface area (Å²) >= 11 is 6.09. The van der Waals surface area contributed by atoms with E-state index in [-0.39, 0.29) is 41.4 Å². The molecule has 0 saturated heterocycles. The zero-order chi connectivity index (χ0) is 29.1. The fourth-order valence-corrected chi connectivity index (χ4v) is 5.97. The molecule has 0 aliphatic carbocycles. The first-order valence-corrected chi connectivity index (χ1v) is 13.9. The first kappa shape index (κ1) is 29.4. The Hall–Kier alpha value is -3.57. The number of halogens is 5. The number of fused-ring (bicyclic) bond motifs is 1. The van der Waals surface area contributed by atoms with E-state index in [1.807, 2.05) is 0 Å². The zero-order valence-corrected chi connectivity index (χ0v) is 22.7. The van der Waals surface area contributed by atoms with Crippen LogP contribution in [0.1, 0.15) is 36.0 Å². The molecule has 1 aliphatic heterocycles. The van der Waals surface area contributed by atoms with Crippen LogP contribution in [0.3, 0.4) is 0 Å². The molecule has 1 heterocycles. The highest BCUT2D eigenvalue weighted by molar-refractivity contribution is 7.92. The minimum Gasteiger partial charge on any atom is -0.486 e. The third-order valence-electron chi connectivity index (χ3n) is 6.24. The number of alkyl halides is 3. The number of benzene rings is 3. The zero-order valence-electron chi connectivity index (χ0n) is 21.1. The van der Waals surface area contributed by atoms with E-state index >= 15 is 0 Å².